The highest BCUT2D eigenvalue weighted by Gasteiger charge is 2.60. The second-order valence-corrected chi connectivity index (χ2v) is 12.1. The molecule has 33 heavy (non-hydrogen) atoms. The van der Waals surface area contributed by atoms with Gasteiger partial charge in [-0.3, -0.25) is 14.4 Å². The van der Waals surface area contributed by atoms with Crippen molar-refractivity contribution in [2.24, 2.45) is 28.6 Å². The maximum atomic E-state index is 12.6. The molecule has 0 spiro atoms. The number of rotatable bonds is 5. The Kier molecular flexibility index (Phi) is 6.54. The lowest BCUT2D eigenvalue weighted by atomic mass is 9.47. The first-order valence-electron chi connectivity index (χ1n) is 12.7. The number of ether oxygens (including phenoxy) is 2. The zero-order valence-corrected chi connectivity index (χ0v) is 20.7. The first-order valence-corrected chi connectivity index (χ1v) is 12.7. The molecule has 0 aromatic carbocycles. The smallest absolute Gasteiger partial charge is 0.306 e. The summed E-state index contributed by atoms with van der Waals surface area (Å²) in [5, 5.41) is 10.7. The van der Waals surface area contributed by atoms with Crippen LogP contribution < -0.4 is 0 Å². The molecule has 4 rings (SSSR count). The minimum Gasteiger partial charge on any atom is -0.465 e. The van der Waals surface area contributed by atoms with Crippen LogP contribution in [-0.2, 0) is 23.9 Å². The van der Waals surface area contributed by atoms with Crippen molar-refractivity contribution in [3.8, 4) is 0 Å². The zero-order valence-electron chi connectivity index (χ0n) is 20.7. The van der Waals surface area contributed by atoms with Crippen LogP contribution in [0.2, 0.25) is 0 Å². The predicted molar refractivity (Wildman–Crippen MR) is 123 cm³/mol. The average molecular weight is 461 g/mol. The topological polar surface area (TPSA) is 89.9 Å². The van der Waals surface area contributed by atoms with Crippen molar-refractivity contribution in [2.45, 2.75) is 104 Å². The second-order valence-electron chi connectivity index (χ2n) is 12.1. The fourth-order valence-electron chi connectivity index (χ4n) is 7.48. The zero-order chi connectivity index (χ0) is 24.0. The van der Waals surface area contributed by atoms with Gasteiger partial charge in [-0.05, 0) is 95.0 Å². The summed E-state index contributed by atoms with van der Waals surface area (Å²) in [5.41, 5.74) is 0.280. The van der Waals surface area contributed by atoms with Crippen molar-refractivity contribution in [3.63, 3.8) is 0 Å². The van der Waals surface area contributed by atoms with E-state index in [1.807, 2.05) is 6.08 Å². The van der Waals surface area contributed by atoms with Gasteiger partial charge < -0.3 is 14.6 Å². The highest BCUT2D eigenvalue weighted by molar-refractivity contribution is 5.91. The largest absolute Gasteiger partial charge is 0.465 e. The van der Waals surface area contributed by atoms with Gasteiger partial charge >= 0.3 is 11.9 Å². The Bertz CT molecular complexity index is 838. The van der Waals surface area contributed by atoms with Gasteiger partial charge in [0, 0.05) is 11.8 Å². The molecule has 3 saturated carbocycles. The van der Waals surface area contributed by atoms with Gasteiger partial charge in [-0.25, -0.2) is 0 Å². The SMILES string of the molecule is CC(C)(C)OC(=O)CCC(=O)OCC12CCC(=O)C=C1CCC1C2CCC2(C)C(O)CCC12. The normalized spacial score (nSPS) is 38.0. The molecule has 0 heterocycles. The second kappa shape index (κ2) is 8.83. The number of esters is 2. The molecule has 1 N–H and O–H groups in total. The lowest BCUT2D eigenvalue weighted by Gasteiger charge is -2.58. The van der Waals surface area contributed by atoms with E-state index in [9.17, 15) is 19.5 Å². The molecular formula is C27H40O6. The van der Waals surface area contributed by atoms with E-state index >= 15 is 0 Å². The molecule has 0 radical (unpaired) electrons. The molecule has 0 aromatic heterocycles. The third-order valence-corrected chi connectivity index (χ3v) is 9.08. The maximum absolute atomic E-state index is 12.6. The molecule has 4 aliphatic carbocycles. The van der Waals surface area contributed by atoms with Crippen LogP contribution in [0.5, 0.6) is 0 Å². The van der Waals surface area contributed by atoms with Crippen molar-refractivity contribution >= 4 is 17.7 Å². The van der Waals surface area contributed by atoms with E-state index < -0.39 is 11.6 Å². The molecule has 6 atom stereocenters. The third-order valence-electron chi connectivity index (χ3n) is 9.08. The first-order chi connectivity index (χ1) is 15.4. The van der Waals surface area contributed by atoms with Gasteiger partial charge in [-0.1, -0.05) is 12.5 Å². The van der Waals surface area contributed by atoms with Crippen molar-refractivity contribution in [2.75, 3.05) is 6.61 Å². The van der Waals surface area contributed by atoms with Crippen LogP contribution in [0.1, 0.15) is 91.9 Å². The van der Waals surface area contributed by atoms with Crippen LogP contribution in [0.25, 0.3) is 0 Å². The summed E-state index contributed by atoms with van der Waals surface area (Å²) in [5.74, 6) is 0.743. The molecule has 0 bridgehead atoms. The quantitative estimate of drug-likeness (QED) is 0.607. The van der Waals surface area contributed by atoms with E-state index in [1.165, 1.54) is 0 Å². The molecule has 184 valence electrons. The fraction of sp³-hybridized carbons (Fsp3) is 0.815. The van der Waals surface area contributed by atoms with Gasteiger partial charge in [-0.15, -0.1) is 0 Å². The summed E-state index contributed by atoms with van der Waals surface area (Å²) in [6, 6.07) is 0. The highest BCUT2D eigenvalue weighted by atomic mass is 16.6. The van der Waals surface area contributed by atoms with Crippen molar-refractivity contribution in [3.05, 3.63) is 11.6 Å². The summed E-state index contributed by atoms with van der Waals surface area (Å²) in [6.07, 6.45) is 8.65. The molecule has 6 nitrogen and oxygen atoms in total. The monoisotopic (exact) mass is 460 g/mol. The number of carbonyl (C=O) groups excluding carboxylic acids is 3. The molecule has 6 unspecified atom stereocenters. The van der Waals surface area contributed by atoms with Crippen molar-refractivity contribution in [1.82, 2.24) is 0 Å². The Morgan fingerprint density at radius 1 is 1.03 bits per heavy atom. The Hall–Kier alpha value is -1.69. The van der Waals surface area contributed by atoms with Crippen LogP contribution >= 0.6 is 0 Å². The van der Waals surface area contributed by atoms with E-state index in [1.54, 1.807) is 20.8 Å². The molecule has 6 heteroatoms. The minimum atomic E-state index is -0.575. The fourth-order valence-corrected chi connectivity index (χ4v) is 7.48. The van der Waals surface area contributed by atoms with Gasteiger partial charge in [0.2, 0.25) is 0 Å². The third kappa shape index (κ3) is 4.65. The van der Waals surface area contributed by atoms with Gasteiger partial charge in [-0.2, -0.15) is 0 Å². The number of hydrogen-bond donors (Lipinski definition) is 1. The van der Waals surface area contributed by atoms with Crippen molar-refractivity contribution < 1.29 is 29.0 Å². The van der Waals surface area contributed by atoms with Crippen LogP contribution in [0, 0.1) is 28.6 Å². The number of aliphatic hydroxyl groups excluding tert-OH is 1. The Morgan fingerprint density at radius 3 is 2.48 bits per heavy atom. The number of carbonyl (C=O) groups is 3. The van der Waals surface area contributed by atoms with Crippen LogP contribution in [0.15, 0.2) is 11.6 Å². The molecule has 0 aromatic rings. The number of hydrogen-bond acceptors (Lipinski definition) is 6. The van der Waals surface area contributed by atoms with E-state index in [0.29, 0.717) is 24.2 Å². The molecule has 3 fully saturated rings. The summed E-state index contributed by atoms with van der Waals surface area (Å²) >= 11 is 0. The Balaban J connectivity index is 1.47. The minimum absolute atomic E-state index is 0.00392. The summed E-state index contributed by atoms with van der Waals surface area (Å²) in [6.45, 7) is 7.95. The molecule has 4 aliphatic rings. The molecule has 0 saturated heterocycles. The van der Waals surface area contributed by atoms with Crippen LogP contribution in [0.3, 0.4) is 0 Å². The maximum Gasteiger partial charge on any atom is 0.306 e. The lowest BCUT2D eigenvalue weighted by Crippen LogP contribution is -2.54. The molecular weight excluding hydrogens is 420 g/mol. The standard InChI is InChI=1S/C27H40O6/c1-25(2,3)33-24(31)10-9-23(30)32-16-27-14-11-18(28)15-17(27)5-6-19-20-7-8-22(29)26(20,4)13-12-21(19)27/h15,19-22,29H,5-14,16H2,1-4H3. The van der Waals surface area contributed by atoms with Gasteiger partial charge in [0.25, 0.3) is 0 Å². The van der Waals surface area contributed by atoms with Crippen molar-refractivity contribution in [1.29, 1.82) is 0 Å². The van der Waals surface area contributed by atoms with E-state index in [2.05, 4.69) is 6.92 Å². The number of ketones is 1. The predicted octanol–water partition coefficient (Wildman–Crippen LogP) is 4.52. The summed E-state index contributed by atoms with van der Waals surface area (Å²) < 4.78 is 11.1. The first kappa shape index (κ1) is 24.4. The van der Waals surface area contributed by atoms with E-state index in [4.69, 9.17) is 9.47 Å². The number of fused-ring (bicyclic) bond motifs is 5. The average Bonchev–Trinajstić information content (AvgIpc) is 3.04. The Morgan fingerprint density at radius 2 is 1.76 bits per heavy atom. The summed E-state index contributed by atoms with van der Waals surface area (Å²) in [7, 11) is 0. The molecule has 0 amide bonds. The number of aliphatic hydroxyl groups is 1. The lowest BCUT2D eigenvalue weighted by molar-refractivity contribution is -0.160. The Labute approximate surface area is 197 Å². The summed E-state index contributed by atoms with van der Waals surface area (Å²) in [4.78, 5) is 36.8. The van der Waals surface area contributed by atoms with Gasteiger partial charge in [0.15, 0.2) is 5.78 Å². The van der Waals surface area contributed by atoms with Gasteiger partial charge in [0.1, 0.15) is 12.2 Å². The van der Waals surface area contributed by atoms with Gasteiger partial charge in [0.05, 0.1) is 18.9 Å². The molecule has 0 aliphatic heterocycles. The van der Waals surface area contributed by atoms with E-state index in [0.717, 1.165) is 50.5 Å². The highest BCUT2D eigenvalue weighted by Crippen LogP contribution is 2.65. The van der Waals surface area contributed by atoms with Crippen LogP contribution in [0.4, 0.5) is 0 Å². The van der Waals surface area contributed by atoms with Crippen LogP contribution in [-0.4, -0.2) is 41.1 Å². The van der Waals surface area contributed by atoms with E-state index in [-0.39, 0.29) is 48.1 Å².